The predicted molar refractivity (Wildman–Crippen MR) is 77.8 cm³/mol. The van der Waals surface area contributed by atoms with Crippen molar-refractivity contribution in [3.05, 3.63) is 10.6 Å². The minimum Gasteiger partial charge on any atom is -0.464 e. The number of thiazole rings is 1. The number of nitrogens with zero attached hydrogens (tertiary/aromatic N) is 1. The van der Waals surface area contributed by atoms with Crippen LogP contribution in [0.4, 0.5) is 5.13 Å². The second kappa shape index (κ2) is 5.90. The van der Waals surface area contributed by atoms with Gasteiger partial charge in [0.1, 0.15) is 0 Å². The number of ether oxygens (including phenoxy) is 1. The molecule has 5 heteroatoms. The standard InChI is InChI=1S/C14H22N2O2S/c1-8-5-6-11(7-9(8)2)15-14-16-12(10(3)19-14)13(17)18-4/h8-9,11H,5-7H2,1-4H3,(H,15,16). The smallest absolute Gasteiger partial charge is 0.357 e. The normalized spacial score (nSPS) is 27.1. The van der Waals surface area contributed by atoms with Gasteiger partial charge >= 0.3 is 5.97 Å². The number of rotatable bonds is 3. The summed E-state index contributed by atoms with van der Waals surface area (Å²) < 4.78 is 4.73. The molecule has 3 unspecified atom stereocenters. The molecule has 1 aliphatic rings. The van der Waals surface area contributed by atoms with Gasteiger partial charge in [0.05, 0.1) is 7.11 Å². The largest absolute Gasteiger partial charge is 0.464 e. The molecule has 0 radical (unpaired) electrons. The summed E-state index contributed by atoms with van der Waals surface area (Å²) in [6.45, 7) is 6.54. The molecule has 2 rings (SSSR count). The summed E-state index contributed by atoms with van der Waals surface area (Å²) in [5.41, 5.74) is 0.437. The lowest BCUT2D eigenvalue weighted by Gasteiger charge is -2.32. The third-order valence-corrected chi connectivity index (χ3v) is 5.00. The van der Waals surface area contributed by atoms with Crippen molar-refractivity contribution in [2.45, 2.75) is 46.1 Å². The lowest BCUT2D eigenvalue weighted by molar-refractivity contribution is 0.0594. The van der Waals surface area contributed by atoms with Gasteiger partial charge in [-0.3, -0.25) is 0 Å². The van der Waals surface area contributed by atoms with Gasteiger partial charge in [0.2, 0.25) is 0 Å². The Morgan fingerprint density at radius 2 is 2.11 bits per heavy atom. The molecule has 1 saturated carbocycles. The van der Waals surface area contributed by atoms with Crippen LogP contribution >= 0.6 is 11.3 Å². The van der Waals surface area contributed by atoms with Crippen molar-refractivity contribution in [3.63, 3.8) is 0 Å². The van der Waals surface area contributed by atoms with Crippen molar-refractivity contribution in [1.29, 1.82) is 0 Å². The topological polar surface area (TPSA) is 51.2 Å². The van der Waals surface area contributed by atoms with E-state index < -0.39 is 0 Å². The maximum atomic E-state index is 11.5. The number of hydrogen-bond acceptors (Lipinski definition) is 5. The molecule has 4 nitrogen and oxygen atoms in total. The molecule has 3 atom stereocenters. The second-order valence-electron chi connectivity index (χ2n) is 5.52. The van der Waals surface area contributed by atoms with Gasteiger partial charge in [-0.2, -0.15) is 0 Å². The van der Waals surface area contributed by atoms with Crippen LogP contribution in [0.25, 0.3) is 0 Å². The molecular weight excluding hydrogens is 260 g/mol. The van der Waals surface area contributed by atoms with Crippen LogP contribution in [0, 0.1) is 18.8 Å². The van der Waals surface area contributed by atoms with Crippen LogP contribution in [0.3, 0.4) is 0 Å². The maximum absolute atomic E-state index is 11.5. The minimum absolute atomic E-state index is 0.354. The third-order valence-electron chi connectivity index (χ3n) is 4.10. The van der Waals surface area contributed by atoms with E-state index in [0.29, 0.717) is 11.7 Å². The van der Waals surface area contributed by atoms with Gasteiger partial charge in [0.25, 0.3) is 0 Å². The molecule has 19 heavy (non-hydrogen) atoms. The Labute approximate surface area is 118 Å². The summed E-state index contributed by atoms with van der Waals surface area (Å²) in [5, 5.41) is 4.31. The van der Waals surface area contributed by atoms with Crippen LogP contribution in [-0.4, -0.2) is 24.1 Å². The van der Waals surface area contributed by atoms with Crippen LogP contribution in [0.2, 0.25) is 0 Å². The van der Waals surface area contributed by atoms with Gasteiger partial charge in [0.15, 0.2) is 10.8 Å². The molecule has 0 aliphatic heterocycles. The Bertz CT molecular complexity index is 458. The SMILES string of the molecule is COC(=O)c1nc(NC2CCC(C)C(C)C2)sc1C. The van der Waals surface area contributed by atoms with E-state index in [9.17, 15) is 4.79 Å². The van der Waals surface area contributed by atoms with Gasteiger partial charge in [-0.15, -0.1) is 11.3 Å². The highest BCUT2D eigenvalue weighted by molar-refractivity contribution is 7.15. The quantitative estimate of drug-likeness (QED) is 0.862. The molecular formula is C14H22N2O2S. The molecule has 0 amide bonds. The number of hydrogen-bond donors (Lipinski definition) is 1. The first-order valence-corrected chi connectivity index (χ1v) is 7.65. The van der Waals surface area contributed by atoms with Crippen molar-refractivity contribution in [3.8, 4) is 0 Å². The zero-order chi connectivity index (χ0) is 14.0. The highest BCUT2D eigenvalue weighted by atomic mass is 32.1. The highest BCUT2D eigenvalue weighted by Crippen LogP contribution is 2.32. The fourth-order valence-electron chi connectivity index (χ4n) is 2.60. The molecule has 0 saturated heterocycles. The van der Waals surface area contributed by atoms with E-state index in [4.69, 9.17) is 4.74 Å². The van der Waals surface area contributed by atoms with E-state index in [-0.39, 0.29) is 5.97 Å². The van der Waals surface area contributed by atoms with Gasteiger partial charge in [-0.25, -0.2) is 9.78 Å². The number of carbonyl (C=O) groups is 1. The van der Waals surface area contributed by atoms with Crippen molar-refractivity contribution >= 4 is 22.4 Å². The van der Waals surface area contributed by atoms with Crippen LogP contribution in [0.5, 0.6) is 0 Å². The summed E-state index contributed by atoms with van der Waals surface area (Å²) in [7, 11) is 1.39. The van der Waals surface area contributed by atoms with E-state index in [1.54, 1.807) is 0 Å². The summed E-state index contributed by atoms with van der Waals surface area (Å²) in [4.78, 5) is 16.8. The molecule has 1 aliphatic carbocycles. The first kappa shape index (κ1) is 14.3. The number of anilines is 1. The van der Waals surface area contributed by atoms with Crippen LogP contribution in [0.15, 0.2) is 0 Å². The Morgan fingerprint density at radius 3 is 2.74 bits per heavy atom. The molecule has 0 bridgehead atoms. The van der Waals surface area contributed by atoms with Crippen molar-refractivity contribution < 1.29 is 9.53 Å². The highest BCUT2D eigenvalue weighted by Gasteiger charge is 2.25. The number of methoxy groups -OCH3 is 1. The monoisotopic (exact) mass is 282 g/mol. The fraction of sp³-hybridized carbons (Fsp3) is 0.714. The Morgan fingerprint density at radius 1 is 1.37 bits per heavy atom. The van der Waals surface area contributed by atoms with Crippen molar-refractivity contribution in [2.75, 3.05) is 12.4 Å². The van der Waals surface area contributed by atoms with Crippen molar-refractivity contribution in [2.24, 2.45) is 11.8 Å². The minimum atomic E-state index is -0.354. The Balaban J connectivity index is 2.02. The second-order valence-corrected chi connectivity index (χ2v) is 6.73. The molecule has 1 fully saturated rings. The van der Waals surface area contributed by atoms with Gasteiger partial charge in [0, 0.05) is 10.9 Å². The molecule has 1 aromatic rings. The van der Waals surface area contributed by atoms with Crippen molar-refractivity contribution in [1.82, 2.24) is 4.98 Å². The van der Waals surface area contributed by atoms with E-state index in [1.165, 1.54) is 37.7 Å². The van der Waals surface area contributed by atoms with E-state index in [0.717, 1.165) is 21.8 Å². The summed E-state index contributed by atoms with van der Waals surface area (Å²) in [6.07, 6.45) is 3.61. The number of esters is 1. The predicted octanol–water partition coefficient (Wildman–Crippen LogP) is 3.47. The molecule has 106 valence electrons. The zero-order valence-electron chi connectivity index (χ0n) is 12.0. The average molecular weight is 282 g/mol. The van der Waals surface area contributed by atoms with E-state index in [2.05, 4.69) is 24.1 Å². The number of nitrogens with one attached hydrogen (secondary N) is 1. The van der Waals surface area contributed by atoms with Crippen LogP contribution in [-0.2, 0) is 4.74 Å². The molecule has 0 aromatic carbocycles. The number of carbonyl (C=O) groups excluding carboxylic acids is 1. The Kier molecular flexibility index (Phi) is 4.45. The summed E-state index contributed by atoms with van der Waals surface area (Å²) >= 11 is 1.53. The van der Waals surface area contributed by atoms with Gasteiger partial charge in [-0.1, -0.05) is 13.8 Å². The van der Waals surface area contributed by atoms with Crippen LogP contribution < -0.4 is 5.32 Å². The van der Waals surface area contributed by atoms with Crippen LogP contribution in [0.1, 0.15) is 48.5 Å². The average Bonchev–Trinajstić information content (AvgIpc) is 2.74. The zero-order valence-corrected chi connectivity index (χ0v) is 12.8. The first-order chi connectivity index (χ1) is 9.01. The molecule has 1 N–H and O–H groups in total. The first-order valence-electron chi connectivity index (χ1n) is 6.83. The van der Waals surface area contributed by atoms with Gasteiger partial charge in [-0.05, 0) is 38.0 Å². The number of aryl methyl sites for hydroxylation is 1. The van der Waals surface area contributed by atoms with E-state index in [1.807, 2.05) is 6.92 Å². The number of aromatic nitrogens is 1. The lowest BCUT2D eigenvalue weighted by atomic mass is 9.79. The summed E-state index contributed by atoms with van der Waals surface area (Å²) in [5.74, 6) is 1.20. The molecule has 0 spiro atoms. The summed E-state index contributed by atoms with van der Waals surface area (Å²) in [6, 6.07) is 0.474. The Hall–Kier alpha value is -1.10. The lowest BCUT2D eigenvalue weighted by Crippen LogP contribution is -2.30. The third kappa shape index (κ3) is 3.26. The molecule has 1 aromatic heterocycles. The maximum Gasteiger partial charge on any atom is 0.357 e. The fourth-order valence-corrected chi connectivity index (χ4v) is 3.48. The molecule has 1 heterocycles. The van der Waals surface area contributed by atoms with E-state index >= 15 is 0 Å². The van der Waals surface area contributed by atoms with Gasteiger partial charge < -0.3 is 10.1 Å².